The zero-order valence-electron chi connectivity index (χ0n) is 16.4. The first-order valence-electron chi connectivity index (χ1n) is 9.00. The number of rotatable bonds is 8. The van der Waals surface area contributed by atoms with Gasteiger partial charge in [-0.25, -0.2) is 4.98 Å². The van der Waals surface area contributed by atoms with Gasteiger partial charge >= 0.3 is 5.97 Å². The lowest BCUT2D eigenvalue weighted by Gasteiger charge is -2.18. The molecule has 1 N–H and O–H groups in total. The molecule has 0 aliphatic carbocycles. The number of amides is 1. The monoisotopic (exact) mass is 414 g/mol. The summed E-state index contributed by atoms with van der Waals surface area (Å²) in [5.41, 5.74) is 1.35. The molecule has 7 nitrogen and oxygen atoms in total. The lowest BCUT2D eigenvalue weighted by Crippen LogP contribution is -2.31. The average molecular weight is 414 g/mol. The number of carbonyl (C=O) groups excluding carboxylic acids is 2. The number of carbonyl (C=O) groups is 2. The molecule has 0 saturated carbocycles. The van der Waals surface area contributed by atoms with Gasteiger partial charge in [0, 0.05) is 0 Å². The van der Waals surface area contributed by atoms with Crippen molar-refractivity contribution >= 4 is 23.2 Å². The summed E-state index contributed by atoms with van der Waals surface area (Å²) in [4.78, 5) is 29.8. The number of ether oxygens (including phenoxy) is 2. The fourth-order valence-corrected chi connectivity index (χ4v) is 3.48. The van der Waals surface area contributed by atoms with E-state index in [0.29, 0.717) is 23.1 Å². The summed E-state index contributed by atoms with van der Waals surface area (Å²) in [5.74, 6) is 1.11. The molecule has 8 heteroatoms. The van der Waals surface area contributed by atoms with Crippen molar-refractivity contribution in [1.82, 2.24) is 10.3 Å². The summed E-state index contributed by atoms with van der Waals surface area (Å²) in [6, 6.07) is 10.5. The molecule has 29 heavy (non-hydrogen) atoms. The van der Waals surface area contributed by atoms with Crippen molar-refractivity contribution in [2.75, 3.05) is 14.2 Å². The van der Waals surface area contributed by atoms with Crippen LogP contribution in [0, 0.1) is 6.92 Å². The minimum atomic E-state index is -0.523. The number of esters is 1. The SMILES string of the molecule is COC(=O)CC(NC(=O)Cc1nc(-c2cccs2)oc1C)c1ccc(OC)cc1. The van der Waals surface area contributed by atoms with Gasteiger partial charge in [0.1, 0.15) is 11.5 Å². The zero-order chi connectivity index (χ0) is 20.8. The molecule has 3 rings (SSSR count). The van der Waals surface area contributed by atoms with E-state index in [-0.39, 0.29) is 18.7 Å². The molecule has 152 valence electrons. The predicted molar refractivity (Wildman–Crippen MR) is 109 cm³/mol. The molecule has 0 fully saturated rings. The predicted octanol–water partition coefficient (Wildman–Crippen LogP) is 3.68. The van der Waals surface area contributed by atoms with Crippen LogP contribution in [0.5, 0.6) is 5.75 Å². The first kappa shape index (κ1) is 20.6. The molecule has 0 aliphatic rings. The van der Waals surface area contributed by atoms with Gasteiger partial charge in [-0.1, -0.05) is 18.2 Å². The molecule has 0 aliphatic heterocycles. The van der Waals surface area contributed by atoms with E-state index < -0.39 is 12.0 Å². The van der Waals surface area contributed by atoms with Gasteiger partial charge in [0.2, 0.25) is 11.8 Å². The summed E-state index contributed by atoms with van der Waals surface area (Å²) >= 11 is 1.52. The van der Waals surface area contributed by atoms with Crippen LogP contribution in [-0.4, -0.2) is 31.1 Å². The van der Waals surface area contributed by atoms with E-state index >= 15 is 0 Å². The summed E-state index contributed by atoms with van der Waals surface area (Å²) < 4.78 is 15.6. The van der Waals surface area contributed by atoms with Crippen LogP contribution >= 0.6 is 11.3 Å². The van der Waals surface area contributed by atoms with Crippen LogP contribution in [-0.2, 0) is 20.7 Å². The van der Waals surface area contributed by atoms with Gasteiger partial charge in [0.15, 0.2) is 0 Å². The van der Waals surface area contributed by atoms with Crippen LogP contribution in [0.25, 0.3) is 10.8 Å². The van der Waals surface area contributed by atoms with E-state index in [1.165, 1.54) is 18.4 Å². The normalized spacial score (nSPS) is 11.7. The second-order valence-electron chi connectivity index (χ2n) is 6.35. The van der Waals surface area contributed by atoms with Crippen molar-refractivity contribution in [2.45, 2.75) is 25.8 Å². The second kappa shape index (κ2) is 9.38. The van der Waals surface area contributed by atoms with Crippen molar-refractivity contribution in [3.05, 3.63) is 58.8 Å². The molecule has 1 unspecified atom stereocenters. The van der Waals surface area contributed by atoms with Crippen LogP contribution < -0.4 is 10.1 Å². The molecule has 0 radical (unpaired) electrons. The van der Waals surface area contributed by atoms with E-state index in [0.717, 1.165) is 10.4 Å². The lowest BCUT2D eigenvalue weighted by atomic mass is 10.0. The number of benzene rings is 1. The highest BCUT2D eigenvalue weighted by Crippen LogP contribution is 2.26. The Morgan fingerprint density at radius 1 is 1.21 bits per heavy atom. The summed E-state index contributed by atoms with van der Waals surface area (Å²) in [7, 11) is 2.90. The number of nitrogens with one attached hydrogen (secondary N) is 1. The van der Waals surface area contributed by atoms with E-state index in [2.05, 4.69) is 10.3 Å². The topological polar surface area (TPSA) is 90.7 Å². The Morgan fingerprint density at radius 3 is 2.59 bits per heavy atom. The number of hydrogen-bond donors (Lipinski definition) is 1. The Bertz CT molecular complexity index is 964. The van der Waals surface area contributed by atoms with Crippen molar-refractivity contribution in [1.29, 1.82) is 0 Å². The molecule has 2 aromatic heterocycles. The molecule has 0 saturated heterocycles. The van der Waals surface area contributed by atoms with Gasteiger partial charge in [-0.3, -0.25) is 9.59 Å². The molecule has 1 amide bonds. The number of aromatic nitrogens is 1. The molecule has 2 heterocycles. The molecule has 0 bridgehead atoms. The number of hydrogen-bond acceptors (Lipinski definition) is 7. The summed E-state index contributed by atoms with van der Waals surface area (Å²) in [5, 5.41) is 4.83. The fourth-order valence-electron chi connectivity index (χ4n) is 2.83. The van der Waals surface area contributed by atoms with Gasteiger partial charge in [0.05, 0.1) is 43.7 Å². The van der Waals surface area contributed by atoms with Gasteiger partial charge in [-0.05, 0) is 36.1 Å². The van der Waals surface area contributed by atoms with Crippen molar-refractivity contribution in [2.24, 2.45) is 0 Å². The smallest absolute Gasteiger partial charge is 0.307 e. The maximum Gasteiger partial charge on any atom is 0.307 e. The Labute approximate surface area is 172 Å². The number of thiophene rings is 1. The quantitative estimate of drug-likeness (QED) is 0.566. The van der Waals surface area contributed by atoms with Gasteiger partial charge < -0.3 is 19.2 Å². The van der Waals surface area contributed by atoms with E-state index in [9.17, 15) is 9.59 Å². The van der Waals surface area contributed by atoms with Crippen molar-refractivity contribution in [3.63, 3.8) is 0 Å². The Balaban J connectivity index is 1.73. The number of methoxy groups -OCH3 is 2. The van der Waals surface area contributed by atoms with Gasteiger partial charge in [0.25, 0.3) is 0 Å². The Kier molecular flexibility index (Phi) is 6.66. The van der Waals surface area contributed by atoms with Gasteiger partial charge in [-0.15, -0.1) is 11.3 Å². The third-order valence-corrected chi connectivity index (χ3v) is 5.26. The van der Waals surface area contributed by atoms with Crippen LogP contribution in [0.3, 0.4) is 0 Å². The molecule has 3 aromatic rings. The summed E-state index contributed by atoms with van der Waals surface area (Å²) in [6.45, 7) is 1.78. The van der Waals surface area contributed by atoms with Crippen LogP contribution in [0.4, 0.5) is 0 Å². The molecular weight excluding hydrogens is 392 g/mol. The van der Waals surface area contributed by atoms with Gasteiger partial charge in [-0.2, -0.15) is 0 Å². The van der Waals surface area contributed by atoms with Crippen LogP contribution in [0.15, 0.2) is 46.2 Å². The minimum Gasteiger partial charge on any atom is -0.497 e. The minimum absolute atomic E-state index is 0.0206. The van der Waals surface area contributed by atoms with Crippen molar-refractivity contribution < 1.29 is 23.5 Å². The first-order chi connectivity index (χ1) is 14.0. The second-order valence-corrected chi connectivity index (χ2v) is 7.30. The van der Waals surface area contributed by atoms with Crippen molar-refractivity contribution in [3.8, 4) is 16.5 Å². The van der Waals surface area contributed by atoms with E-state index in [1.807, 2.05) is 29.6 Å². The standard InChI is InChI=1S/C21H22N2O5S/c1-13-16(23-21(28-13)18-5-4-10-29-18)11-19(24)22-17(12-20(25)27-3)14-6-8-15(26-2)9-7-14/h4-10,17H,11-12H2,1-3H3,(H,22,24). The molecule has 1 aromatic carbocycles. The number of nitrogens with zero attached hydrogens (tertiary/aromatic N) is 1. The fraction of sp³-hybridized carbons (Fsp3) is 0.286. The molecular formula is C21H22N2O5S. The highest BCUT2D eigenvalue weighted by Gasteiger charge is 2.21. The zero-order valence-corrected chi connectivity index (χ0v) is 17.2. The third kappa shape index (κ3) is 5.23. The summed E-state index contributed by atoms with van der Waals surface area (Å²) in [6.07, 6.45) is 0.0708. The molecule has 1 atom stereocenters. The van der Waals surface area contributed by atoms with Crippen LogP contribution in [0.1, 0.15) is 29.5 Å². The average Bonchev–Trinajstić information content (AvgIpc) is 3.38. The number of aryl methyl sites for hydroxylation is 1. The van der Waals surface area contributed by atoms with E-state index in [4.69, 9.17) is 13.9 Å². The Morgan fingerprint density at radius 2 is 1.97 bits per heavy atom. The highest BCUT2D eigenvalue weighted by atomic mass is 32.1. The van der Waals surface area contributed by atoms with E-state index in [1.54, 1.807) is 26.2 Å². The van der Waals surface area contributed by atoms with Crippen LogP contribution in [0.2, 0.25) is 0 Å². The first-order valence-corrected chi connectivity index (χ1v) is 9.88. The maximum absolute atomic E-state index is 12.7. The highest BCUT2D eigenvalue weighted by molar-refractivity contribution is 7.13. The third-order valence-electron chi connectivity index (χ3n) is 4.40. The number of oxazole rings is 1. The maximum atomic E-state index is 12.7. The Hall–Kier alpha value is -3.13. The lowest BCUT2D eigenvalue weighted by molar-refractivity contribution is -0.141. The largest absolute Gasteiger partial charge is 0.497 e. The molecule has 0 spiro atoms.